The summed E-state index contributed by atoms with van der Waals surface area (Å²) in [7, 11) is 1.62. The first-order valence-corrected chi connectivity index (χ1v) is 9.18. The van der Waals surface area contributed by atoms with E-state index in [1.54, 1.807) is 14.0 Å². The van der Waals surface area contributed by atoms with Gasteiger partial charge in [-0.1, -0.05) is 17.7 Å². The highest BCUT2D eigenvalue weighted by Crippen LogP contribution is 2.41. The van der Waals surface area contributed by atoms with Crippen LogP contribution >= 0.6 is 0 Å². The molecule has 2 aromatic carbocycles. The smallest absolute Gasteiger partial charge is 0.261 e. The van der Waals surface area contributed by atoms with Crippen LogP contribution in [0.15, 0.2) is 42.5 Å². The molecule has 5 nitrogen and oxygen atoms in total. The second-order valence-electron chi connectivity index (χ2n) is 7.60. The zero-order chi connectivity index (χ0) is 19.6. The zero-order valence-corrected chi connectivity index (χ0v) is 16.5. The third-order valence-electron chi connectivity index (χ3n) is 4.70. The number of amides is 1. The third-order valence-corrected chi connectivity index (χ3v) is 4.70. The Kier molecular flexibility index (Phi) is 5.31. The highest BCUT2D eigenvalue weighted by Gasteiger charge is 2.35. The normalized spacial score (nSPS) is 18.6. The number of ether oxygens (including phenoxy) is 3. The molecule has 0 bridgehead atoms. The fourth-order valence-electron chi connectivity index (χ4n) is 3.25. The minimum Gasteiger partial charge on any atom is -0.497 e. The average molecular weight is 369 g/mol. The quantitative estimate of drug-likeness (QED) is 0.859. The van der Waals surface area contributed by atoms with E-state index in [2.05, 4.69) is 5.32 Å². The number of benzene rings is 2. The van der Waals surface area contributed by atoms with Crippen LogP contribution in [0.25, 0.3) is 0 Å². The van der Waals surface area contributed by atoms with Crippen LogP contribution in [0.4, 0.5) is 0 Å². The van der Waals surface area contributed by atoms with Crippen molar-refractivity contribution in [3.05, 3.63) is 53.6 Å². The summed E-state index contributed by atoms with van der Waals surface area (Å²) in [6.07, 6.45) is 0.0790. The standard InChI is InChI=1S/C22H27NO4/c1-14-6-8-16(9-7-14)26-15(2)21(24)23-19-13-22(3,4)27-20-12-17(25-5)10-11-18(19)20/h6-12,15,19H,13H2,1-5H3,(H,23,24). The van der Waals surface area contributed by atoms with Gasteiger partial charge in [0.15, 0.2) is 6.10 Å². The molecule has 5 heteroatoms. The lowest BCUT2D eigenvalue weighted by Gasteiger charge is -2.38. The number of aryl methyl sites for hydroxylation is 1. The van der Waals surface area contributed by atoms with Crippen molar-refractivity contribution in [2.24, 2.45) is 0 Å². The molecule has 1 aliphatic rings. The first-order chi connectivity index (χ1) is 12.8. The summed E-state index contributed by atoms with van der Waals surface area (Å²) in [5.41, 5.74) is 1.71. The number of carbonyl (C=O) groups is 1. The topological polar surface area (TPSA) is 56.8 Å². The molecule has 2 aromatic rings. The van der Waals surface area contributed by atoms with Crippen molar-refractivity contribution in [1.82, 2.24) is 5.32 Å². The average Bonchev–Trinajstić information content (AvgIpc) is 2.62. The van der Waals surface area contributed by atoms with Gasteiger partial charge in [0.25, 0.3) is 5.91 Å². The zero-order valence-electron chi connectivity index (χ0n) is 16.5. The molecule has 0 fully saturated rings. The van der Waals surface area contributed by atoms with E-state index >= 15 is 0 Å². The Balaban J connectivity index is 1.74. The number of hydrogen-bond donors (Lipinski definition) is 1. The van der Waals surface area contributed by atoms with Crippen molar-refractivity contribution in [3.8, 4) is 17.2 Å². The van der Waals surface area contributed by atoms with E-state index < -0.39 is 11.7 Å². The second-order valence-corrected chi connectivity index (χ2v) is 7.60. The van der Waals surface area contributed by atoms with Crippen LogP contribution in [0, 0.1) is 6.92 Å². The summed E-state index contributed by atoms with van der Waals surface area (Å²) in [6, 6.07) is 13.2. The van der Waals surface area contributed by atoms with Gasteiger partial charge in [0.05, 0.1) is 13.2 Å². The van der Waals surface area contributed by atoms with Gasteiger partial charge in [-0.2, -0.15) is 0 Å². The molecule has 2 atom stereocenters. The van der Waals surface area contributed by atoms with Crippen LogP contribution < -0.4 is 19.5 Å². The first-order valence-electron chi connectivity index (χ1n) is 9.18. The molecule has 0 aromatic heterocycles. The highest BCUT2D eigenvalue weighted by atomic mass is 16.5. The summed E-state index contributed by atoms with van der Waals surface area (Å²) in [4.78, 5) is 12.7. The fraction of sp³-hybridized carbons (Fsp3) is 0.409. The monoisotopic (exact) mass is 369 g/mol. The molecule has 2 unspecified atom stereocenters. The number of fused-ring (bicyclic) bond motifs is 1. The molecule has 3 rings (SSSR count). The minimum atomic E-state index is -0.597. The van der Waals surface area contributed by atoms with Crippen molar-refractivity contribution in [3.63, 3.8) is 0 Å². The van der Waals surface area contributed by atoms with E-state index in [9.17, 15) is 4.79 Å². The summed E-state index contributed by atoms with van der Waals surface area (Å²) in [5, 5.41) is 3.11. The molecule has 1 amide bonds. The third kappa shape index (κ3) is 4.54. The number of nitrogens with one attached hydrogen (secondary N) is 1. The minimum absolute atomic E-state index is 0.147. The Labute approximate surface area is 160 Å². The fourth-order valence-corrected chi connectivity index (χ4v) is 3.25. The molecule has 0 saturated carbocycles. The van der Waals surface area contributed by atoms with Gasteiger partial charge in [-0.05, 0) is 52.0 Å². The predicted octanol–water partition coefficient (Wildman–Crippen LogP) is 4.19. The Morgan fingerprint density at radius 1 is 1.19 bits per heavy atom. The van der Waals surface area contributed by atoms with E-state index in [1.165, 1.54) is 0 Å². The maximum absolute atomic E-state index is 12.7. The molecule has 144 valence electrons. The van der Waals surface area contributed by atoms with Crippen LogP contribution in [-0.2, 0) is 4.79 Å². The van der Waals surface area contributed by atoms with E-state index in [-0.39, 0.29) is 11.9 Å². The molecular formula is C22H27NO4. The van der Waals surface area contributed by atoms with E-state index in [0.717, 1.165) is 22.6 Å². The van der Waals surface area contributed by atoms with Gasteiger partial charge in [0, 0.05) is 18.1 Å². The Morgan fingerprint density at radius 3 is 2.52 bits per heavy atom. The van der Waals surface area contributed by atoms with Crippen LogP contribution in [0.3, 0.4) is 0 Å². The number of hydrogen-bond acceptors (Lipinski definition) is 4. The van der Waals surface area contributed by atoms with Gasteiger partial charge in [0.1, 0.15) is 22.8 Å². The van der Waals surface area contributed by atoms with Crippen LogP contribution in [0.2, 0.25) is 0 Å². The largest absolute Gasteiger partial charge is 0.497 e. The lowest BCUT2D eigenvalue weighted by atomic mass is 9.89. The van der Waals surface area contributed by atoms with Crippen molar-refractivity contribution < 1.29 is 19.0 Å². The molecular weight excluding hydrogens is 342 g/mol. The number of rotatable bonds is 5. The van der Waals surface area contributed by atoms with Crippen LogP contribution in [0.5, 0.6) is 17.2 Å². The lowest BCUT2D eigenvalue weighted by molar-refractivity contribution is -0.128. The van der Waals surface area contributed by atoms with Crippen molar-refractivity contribution >= 4 is 5.91 Å². The first kappa shape index (κ1) is 19.1. The molecule has 0 saturated heterocycles. The van der Waals surface area contributed by atoms with Gasteiger partial charge < -0.3 is 19.5 Å². The van der Waals surface area contributed by atoms with Gasteiger partial charge in [-0.15, -0.1) is 0 Å². The van der Waals surface area contributed by atoms with Crippen molar-refractivity contribution in [2.45, 2.75) is 51.9 Å². The van der Waals surface area contributed by atoms with Gasteiger partial charge in [-0.25, -0.2) is 0 Å². The highest BCUT2D eigenvalue weighted by molar-refractivity contribution is 5.81. The molecule has 1 N–H and O–H groups in total. The molecule has 0 spiro atoms. The summed E-state index contributed by atoms with van der Waals surface area (Å²) < 4.78 is 17.2. The van der Waals surface area contributed by atoms with Crippen molar-refractivity contribution in [2.75, 3.05) is 7.11 Å². The Hall–Kier alpha value is -2.69. The SMILES string of the molecule is COc1ccc2c(c1)OC(C)(C)CC2NC(=O)C(C)Oc1ccc(C)cc1. The Morgan fingerprint density at radius 2 is 1.85 bits per heavy atom. The van der Waals surface area contributed by atoms with E-state index in [1.807, 2.05) is 63.2 Å². The predicted molar refractivity (Wildman–Crippen MR) is 104 cm³/mol. The summed E-state index contributed by atoms with van der Waals surface area (Å²) in [6.45, 7) is 7.80. The second kappa shape index (κ2) is 7.51. The molecule has 0 radical (unpaired) electrons. The number of methoxy groups -OCH3 is 1. The molecule has 1 aliphatic heterocycles. The maximum Gasteiger partial charge on any atom is 0.261 e. The molecule has 0 aliphatic carbocycles. The summed E-state index contributed by atoms with van der Waals surface area (Å²) in [5.74, 6) is 2.00. The van der Waals surface area contributed by atoms with Gasteiger partial charge in [0.2, 0.25) is 0 Å². The van der Waals surface area contributed by atoms with Crippen molar-refractivity contribution in [1.29, 1.82) is 0 Å². The van der Waals surface area contributed by atoms with Gasteiger partial charge in [-0.3, -0.25) is 4.79 Å². The van der Waals surface area contributed by atoms with E-state index in [0.29, 0.717) is 12.2 Å². The number of carbonyl (C=O) groups excluding carboxylic acids is 1. The van der Waals surface area contributed by atoms with Crippen LogP contribution in [-0.4, -0.2) is 24.7 Å². The van der Waals surface area contributed by atoms with Crippen LogP contribution in [0.1, 0.15) is 44.4 Å². The maximum atomic E-state index is 12.7. The van der Waals surface area contributed by atoms with E-state index in [4.69, 9.17) is 14.2 Å². The lowest BCUT2D eigenvalue weighted by Crippen LogP contribution is -2.44. The molecule has 27 heavy (non-hydrogen) atoms. The Bertz CT molecular complexity index is 814. The summed E-state index contributed by atoms with van der Waals surface area (Å²) >= 11 is 0. The molecule has 1 heterocycles. The van der Waals surface area contributed by atoms with Gasteiger partial charge >= 0.3 is 0 Å².